The van der Waals surface area contributed by atoms with Gasteiger partial charge in [0.05, 0.1) is 23.7 Å². The number of carbonyl (C=O) groups is 1. The second kappa shape index (κ2) is 13.7. The highest BCUT2D eigenvalue weighted by atomic mass is 32.2. The second-order valence-corrected chi connectivity index (χ2v) is 9.82. The summed E-state index contributed by atoms with van der Waals surface area (Å²) in [5, 5.41) is 0. The van der Waals surface area contributed by atoms with E-state index in [2.05, 4.69) is 6.07 Å². The lowest BCUT2D eigenvalue weighted by Gasteiger charge is -2.08. The van der Waals surface area contributed by atoms with Crippen molar-refractivity contribution in [2.45, 2.75) is 50.3 Å². The Morgan fingerprint density at radius 1 is 0.743 bits per heavy atom. The van der Waals surface area contributed by atoms with E-state index in [-0.39, 0.29) is 11.5 Å². The Morgan fingerprint density at radius 2 is 1.34 bits per heavy atom. The molecule has 0 unspecified atom stereocenters. The number of carbonyl (C=O) groups excluding carboxylic acids is 1. The van der Waals surface area contributed by atoms with Crippen LogP contribution in [0.1, 0.15) is 54.4 Å². The molecule has 0 N–H and O–H groups in total. The van der Waals surface area contributed by atoms with E-state index in [1.54, 1.807) is 72.8 Å². The second-order valence-electron chi connectivity index (χ2n) is 8.21. The van der Waals surface area contributed by atoms with E-state index in [1.807, 2.05) is 6.92 Å². The average molecular weight is 496 g/mol. The van der Waals surface area contributed by atoms with Crippen molar-refractivity contribution >= 4 is 16.1 Å². The average Bonchev–Trinajstić information content (AvgIpc) is 2.86. The van der Waals surface area contributed by atoms with Crippen LogP contribution in [0.4, 0.5) is 0 Å². The van der Waals surface area contributed by atoms with Crippen molar-refractivity contribution in [1.29, 1.82) is 0 Å². The van der Waals surface area contributed by atoms with Crippen LogP contribution in [0.15, 0.2) is 77.7 Å². The normalized spacial score (nSPS) is 11.2. The molecule has 6 nitrogen and oxygen atoms in total. The van der Waals surface area contributed by atoms with Crippen molar-refractivity contribution in [3.63, 3.8) is 0 Å². The van der Waals surface area contributed by atoms with Gasteiger partial charge in [0.25, 0.3) is 10.1 Å². The largest absolute Gasteiger partial charge is 0.494 e. The van der Waals surface area contributed by atoms with Crippen LogP contribution in [0.25, 0.3) is 0 Å². The van der Waals surface area contributed by atoms with Crippen molar-refractivity contribution in [2.24, 2.45) is 0 Å². The van der Waals surface area contributed by atoms with Crippen molar-refractivity contribution in [3.8, 4) is 11.5 Å². The smallest absolute Gasteiger partial charge is 0.343 e. The van der Waals surface area contributed by atoms with Crippen LogP contribution in [0.3, 0.4) is 0 Å². The van der Waals surface area contributed by atoms with Gasteiger partial charge in [-0.25, -0.2) is 4.79 Å². The number of hydrogen-bond acceptors (Lipinski definition) is 6. The number of esters is 1. The molecular formula is C28H31O6S. The summed E-state index contributed by atoms with van der Waals surface area (Å²) in [5.74, 6) is 0.776. The molecule has 3 rings (SSSR count). The molecule has 0 aliphatic rings. The van der Waals surface area contributed by atoms with Crippen molar-refractivity contribution in [3.05, 3.63) is 90.0 Å². The van der Waals surface area contributed by atoms with Crippen LogP contribution >= 0.6 is 0 Å². The summed E-state index contributed by atoms with van der Waals surface area (Å²) in [6.07, 6.45) is 5.65. The molecule has 35 heavy (non-hydrogen) atoms. The standard InChI is InChI=1S/C28H31O6S/c1-23-13-19-27(20-14-23)35(30,31)33-22-10-5-3-2-4-9-21-32-25-17-15-24(16-18-25)28(29)34-26-11-7-6-8-12-26/h7-8,11-20H,2-5,9-10,21-22H2,1H3. The maximum atomic E-state index is 12.2. The first-order valence-corrected chi connectivity index (χ1v) is 13.2. The summed E-state index contributed by atoms with van der Waals surface area (Å²) in [5.41, 5.74) is 1.47. The number of ether oxygens (including phenoxy) is 2. The number of unbranched alkanes of at least 4 members (excludes halogenated alkanes) is 5. The monoisotopic (exact) mass is 495 g/mol. The van der Waals surface area contributed by atoms with E-state index in [0.717, 1.165) is 37.7 Å². The molecule has 7 heteroatoms. The van der Waals surface area contributed by atoms with Crippen LogP contribution in [0.5, 0.6) is 11.5 Å². The molecular weight excluding hydrogens is 464 g/mol. The highest BCUT2D eigenvalue weighted by molar-refractivity contribution is 7.86. The summed E-state index contributed by atoms with van der Waals surface area (Å²) < 4.78 is 40.4. The molecule has 0 saturated carbocycles. The quantitative estimate of drug-likeness (QED) is 0.116. The van der Waals surface area contributed by atoms with Crippen molar-refractivity contribution < 1.29 is 26.9 Å². The highest BCUT2D eigenvalue weighted by Gasteiger charge is 2.14. The summed E-state index contributed by atoms with van der Waals surface area (Å²) >= 11 is 0. The SMILES string of the molecule is Cc1ccc(S(=O)(=O)OCCCCCCCCOc2ccc(C(=O)Oc3cc[c]cc3)cc2)cc1. The minimum absolute atomic E-state index is 0.198. The topological polar surface area (TPSA) is 78.9 Å². The maximum Gasteiger partial charge on any atom is 0.343 e. The van der Waals surface area contributed by atoms with Crippen LogP contribution < -0.4 is 9.47 Å². The summed E-state index contributed by atoms with van der Waals surface area (Å²) in [7, 11) is -3.67. The number of rotatable bonds is 14. The van der Waals surface area contributed by atoms with E-state index < -0.39 is 16.1 Å². The molecule has 0 aliphatic carbocycles. The lowest BCUT2D eigenvalue weighted by molar-refractivity contribution is 0.0734. The molecule has 0 aromatic heterocycles. The molecule has 0 heterocycles. The molecule has 3 aromatic carbocycles. The zero-order valence-electron chi connectivity index (χ0n) is 19.9. The van der Waals surface area contributed by atoms with Crippen LogP contribution in [0.2, 0.25) is 0 Å². The molecule has 0 aliphatic heterocycles. The van der Waals surface area contributed by atoms with E-state index >= 15 is 0 Å². The Kier molecular flexibility index (Phi) is 10.3. The van der Waals surface area contributed by atoms with Crippen LogP contribution in [-0.4, -0.2) is 27.6 Å². The van der Waals surface area contributed by atoms with Crippen LogP contribution in [-0.2, 0) is 14.3 Å². The van der Waals surface area contributed by atoms with Gasteiger partial charge in [0.1, 0.15) is 11.5 Å². The molecule has 0 fully saturated rings. The Labute approximate surface area is 208 Å². The predicted octanol–water partition coefficient (Wildman–Crippen LogP) is 6.14. The fourth-order valence-electron chi connectivity index (χ4n) is 3.34. The van der Waals surface area contributed by atoms with Crippen LogP contribution in [0, 0.1) is 13.0 Å². The summed E-state index contributed by atoms with van der Waals surface area (Å²) in [6, 6.07) is 23.2. The van der Waals surface area contributed by atoms with Gasteiger partial charge >= 0.3 is 5.97 Å². The van der Waals surface area contributed by atoms with E-state index in [4.69, 9.17) is 13.7 Å². The molecule has 0 saturated heterocycles. The zero-order chi connectivity index (χ0) is 24.9. The third-order valence-electron chi connectivity index (χ3n) is 5.34. The molecule has 0 spiro atoms. The van der Waals surface area contributed by atoms with Gasteiger partial charge in [-0.1, -0.05) is 55.5 Å². The number of hydrogen-bond donors (Lipinski definition) is 0. The Balaban J connectivity index is 1.22. The highest BCUT2D eigenvalue weighted by Crippen LogP contribution is 2.17. The minimum atomic E-state index is -3.67. The Morgan fingerprint density at radius 3 is 2.00 bits per heavy atom. The fraction of sp³-hybridized carbons (Fsp3) is 0.321. The van der Waals surface area contributed by atoms with Gasteiger partial charge in [0.15, 0.2) is 0 Å². The first-order chi connectivity index (χ1) is 16.9. The van der Waals surface area contributed by atoms with Gasteiger partial charge in [-0.15, -0.1) is 0 Å². The van der Waals surface area contributed by atoms with Gasteiger partial charge in [0.2, 0.25) is 0 Å². The molecule has 0 atom stereocenters. The first-order valence-electron chi connectivity index (χ1n) is 11.8. The summed E-state index contributed by atoms with van der Waals surface area (Å²) in [6.45, 7) is 2.71. The number of benzene rings is 3. The first kappa shape index (κ1) is 26.4. The zero-order valence-corrected chi connectivity index (χ0v) is 20.8. The van der Waals surface area contributed by atoms with E-state index in [9.17, 15) is 13.2 Å². The van der Waals surface area contributed by atoms with Gasteiger partial charge in [0, 0.05) is 0 Å². The molecule has 0 bridgehead atoms. The van der Waals surface area contributed by atoms with E-state index in [0.29, 0.717) is 30.1 Å². The van der Waals surface area contributed by atoms with Gasteiger partial charge < -0.3 is 9.47 Å². The van der Waals surface area contributed by atoms with Crippen molar-refractivity contribution in [1.82, 2.24) is 0 Å². The third kappa shape index (κ3) is 9.19. The van der Waals surface area contributed by atoms with Gasteiger partial charge in [-0.3, -0.25) is 4.18 Å². The van der Waals surface area contributed by atoms with E-state index in [1.165, 1.54) is 0 Å². The molecule has 0 amide bonds. The molecule has 1 radical (unpaired) electrons. The molecule has 3 aromatic rings. The maximum absolute atomic E-state index is 12.2. The predicted molar refractivity (Wildman–Crippen MR) is 134 cm³/mol. The third-order valence-corrected chi connectivity index (χ3v) is 6.67. The minimum Gasteiger partial charge on any atom is -0.494 e. The Bertz CT molecular complexity index is 1140. The lowest BCUT2D eigenvalue weighted by atomic mass is 10.1. The number of aryl methyl sites for hydroxylation is 1. The fourth-order valence-corrected chi connectivity index (χ4v) is 4.28. The molecule has 185 valence electrons. The Hall–Kier alpha value is -3.16. The summed E-state index contributed by atoms with van der Waals surface area (Å²) in [4.78, 5) is 12.4. The van der Waals surface area contributed by atoms with Crippen molar-refractivity contribution in [2.75, 3.05) is 13.2 Å². The lowest BCUT2D eigenvalue weighted by Crippen LogP contribution is -2.08. The van der Waals surface area contributed by atoms with Gasteiger partial charge in [-0.2, -0.15) is 8.42 Å². The van der Waals surface area contributed by atoms with Gasteiger partial charge in [-0.05, 0) is 74.4 Å².